The third kappa shape index (κ3) is 3.10. The fraction of sp³-hybridized carbons (Fsp3) is 0.312. The first kappa shape index (κ1) is 14.1. The molecular formula is C16H17ClFN3. The van der Waals surface area contributed by atoms with E-state index in [2.05, 4.69) is 14.8 Å². The van der Waals surface area contributed by atoms with Crippen LogP contribution in [0.4, 0.5) is 15.8 Å². The number of aromatic nitrogens is 1. The van der Waals surface area contributed by atoms with Crippen molar-refractivity contribution in [2.24, 2.45) is 0 Å². The smallest absolute Gasteiger partial charge is 0.129 e. The molecule has 1 aliphatic rings. The van der Waals surface area contributed by atoms with Crippen molar-refractivity contribution < 1.29 is 4.39 Å². The predicted molar refractivity (Wildman–Crippen MR) is 84.8 cm³/mol. The molecule has 0 saturated carbocycles. The highest BCUT2D eigenvalue weighted by atomic mass is 35.5. The van der Waals surface area contributed by atoms with Gasteiger partial charge in [-0.25, -0.2) is 9.37 Å². The van der Waals surface area contributed by atoms with Crippen LogP contribution < -0.4 is 9.80 Å². The minimum atomic E-state index is -0.194. The van der Waals surface area contributed by atoms with Gasteiger partial charge in [0.1, 0.15) is 11.0 Å². The summed E-state index contributed by atoms with van der Waals surface area (Å²) in [4.78, 5) is 8.89. The van der Waals surface area contributed by atoms with Gasteiger partial charge in [-0.1, -0.05) is 11.6 Å². The van der Waals surface area contributed by atoms with Gasteiger partial charge in [-0.05, 0) is 43.3 Å². The van der Waals surface area contributed by atoms with Gasteiger partial charge >= 0.3 is 0 Å². The molecule has 3 rings (SSSR count). The Morgan fingerprint density at radius 1 is 0.952 bits per heavy atom. The SMILES string of the molecule is Cc1nc(Cl)ccc1N1CCN(c2ccc(F)cc2)CC1. The lowest BCUT2D eigenvalue weighted by Crippen LogP contribution is -2.46. The van der Waals surface area contributed by atoms with Crippen LogP contribution in [0, 0.1) is 12.7 Å². The van der Waals surface area contributed by atoms with Crippen LogP contribution in [0.3, 0.4) is 0 Å². The Kier molecular flexibility index (Phi) is 3.97. The van der Waals surface area contributed by atoms with Crippen LogP contribution >= 0.6 is 11.6 Å². The van der Waals surface area contributed by atoms with Crippen molar-refractivity contribution in [2.75, 3.05) is 36.0 Å². The van der Waals surface area contributed by atoms with E-state index in [9.17, 15) is 4.39 Å². The topological polar surface area (TPSA) is 19.4 Å². The number of halogens is 2. The molecule has 0 unspecified atom stereocenters. The number of aryl methyl sites for hydroxylation is 1. The molecule has 0 radical (unpaired) electrons. The highest BCUT2D eigenvalue weighted by molar-refractivity contribution is 6.29. The molecule has 21 heavy (non-hydrogen) atoms. The molecule has 1 aromatic carbocycles. The van der Waals surface area contributed by atoms with E-state index in [4.69, 9.17) is 11.6 Å². The maximum Gasteiger partial charge on any atom is 0.129 e. The number of anilines is 2. The second-order valence-electron chi connectivity index (χ2n) is 5.19. The highest BCUT2D eigenvalue weighted by Crippen LogP contribution is 2.24. The number of rotatable bonds is 2. The van der Waals surface area contributed by atoms with E-state index in [-0.39, 0.29) is 5.82 Å². The fourth-order valence-corrected chi connectivity index (χ4v) is 2.90. The maximum absolute atomic E-state index is 13.0. The lowest BCUT2D eigenvalue weighted by atomic mass is 10.2. The van der Waals surface area contributed by atoms with Gasteiger partial charge in [0.2, 0.25) is 0 Å². The number of hydrogen-bond donors (Lipinski definition) is 0. The van der Waals surface area contributed by atoms with Gasteiger partial charge in [0, 0.05) is 31.9 Å². The van der Waals surface area contributed by atoms with Crippen molar-refractivity contribution in [1.29, 1.82) is 0 Å². The van der Waals surface area contributed by atoms with E-state index >= 15 is 0 Å². The summed E-state index contributed by atoms with van der Waals surface area (Å²) in [5.74, 6) is -0.194. The van der Waals surface area contributed by atoms with Crippen molar-refractivity contribution in [3.8, 4) is 0 Å². The molecule has 1 aromatic heterocycles. The number of benzene rings is 1. The molecule has 0 bridgehead atoms. The van der Waals surface area contributed by atoms with Crippen LogP contribution in [-0.2, 0) is 0 Å². The molecule has 0 aliphatic carbocycles. The normalized spacial score (nSPS) is 15.4. The Hall–Kier alpha value is -1.81. The van der Waals surface area contributed by atoms with Gasteiger partial charge in [-0.2, -0.15) is 0 Å². The molecule has 2 aromatic rings. The summed E-state index contributed by atoms with van der Waals surface area (Å²) in [6, 6.07) is 10.5. The number of nitrogens with zero attached hydrogens (tertiary/aromatic N) is 3. The lowest BCUT2D eigenvalue weighted by molar-refractivity contribution is 0.624. The molecule has 1 fully saturated rings. The maximum atomic E-state index is 13.0. The first-order chi connectivity index (χ1) is 10.1. The van der Waals surface area contributed by atoms with Crippen LogP contribution in [0.25, 0.3) is 0 Å². The first-order valence-corrected chi connectivity index (χ1v) is 7.40. The summed E-state index contributed by atoms with van der Waals surface area (Å²) in [7, 11) is 0. The van der Waals surface area contributed by atoms with Crippen LogP contribution in [0.1, 0.15) is 5.69 Å². The van der Waals surface area contributed by atoms with Gasteiger partial charge in [0.15, 0.2) is 0 Å². The Balaban J connectivity index is 1.68. The first-order valence-electron chi connectivity index (χ1n) is 7.02. The summed E-state index contributed by atoms with van der Waals surface area (Å²) < 4.78 is 13.0. The lowest BCUT2D eigenvalue weighted by Gasteiger charge is -2.37. The third-order valence-corrected chi connectivity index (χ3v) is 4.05. The van der Waals surface area contributed by atoms with Gasteiger partial charge in [-0.15, -0.1) is 0 Å². The van der Waals surface area contributed by atoms with E-state index in [1.165, 1.54) is 12.1 Å². The second-order valence-corrected chi connectivity index (χ2v) is 5.58. The molecule has 5 heteroatoms. The number of hydrogen-bond acceptors (Lipinski definition) is 3. The van der Waals surface area contributed by atoms with Crippen LogP contribution in [0.5, 0.6) is 0 Å². The van der Waals surface area contributed by atoms with E-state index in [0.717, 1.165) is 43.2 Å². The van der Waals surface area contributed by atoms with Crippen molar-refractivity contribution in [3.63, 3.8) is 0 Å². The molecule has 1 saturated heterocycles. The summed E-state index contributed by atoms with van der Waals surface area (Å²) in [5, 5.41) is 0.529. The molecular weight excluding hydrogens is 289 g/mol. The standard InChI is InChI=1S/C16H17ClFN3/c1-12-15(6-7-16(17)19-12)21-10-8-20(9-11-21)14-4-2-13(18)3-5-14/h2-7H,8-11H2,1H3. The Labute approximate surface area is 129 Å². The molecule has 3 nitrogen and oxygen atoms in total. The minimum absolute atomic E-state index is 0.194. The average molecular weight is 306 g/mol. The number of piperazine rings is 1. The molecule has 0 amide bonds. The molecule has 2 heterocycles. The number of pyridine rings is 1. The third-order valence-electron chi connectivity index (χ3n) is 3.84. The van der Waals surface area contributed by atoms with Crippen LogP contribution in [0.2, 0.25) is 5.15 Å². The van der Waals surface area contributed by atoms with Crippen molar-refractivity contribution in [2.45, 2.75) is 6.92 Å². The fourth-order valence-electron chi connectivity index (χ4n) is 2.71. The van der Waals surface area contributed by atoms with E-state index in [1.807, 2.05) is 31.2 Å². The van der Waals surface area contributed by atoms with Crippen molar-refractivity contribution in [1.82, 2.24) is 4.98 Å². The van der Waals surface area contributed by atoms with Gasteiger partial charge in [0.05, 0.1) is 11.4 Å². The van der Waals surface area contributed by atoms with Crippen LogP contribution in [0.15, 0.2) is 36.4 Å². The van der Waals surface area contributed by atoms with E-state index < -0.39 is 0 Å². The van der Waals surface area contributed by atoms with Gasteiger partial charge in [0.25, 0.3) is 0 Å². The monoisotopic (exact) mass is 305 g/mol. The van der Waals surface area contributed by atoms with Crippen molar-refractivity contribution in [3.05, 3.63) is 53.1 Å². The van der Waals surface area contributed by atoms with Gasteiger partial charge < -0.3 is 9.80 Å². The molecule has 0 spiro atoms. The Bertz CT molecular complexity index is 622. The average Bonchev–Trinajstić information content (AvgIpc) is 2.48. The Morgan fingerprint density at radius 2 is 1.57 bits per heavy atom. The summed E-state index contributed by atoms with van der Waals surface area (Å²) >= 11 is 5.90. The zero-order valence-corrected chi connectivity index (χ0v) is 12.6. The molecule has 0 atom stereocenters. The molecule has 110 valence electrons. The van der Waals surface area contributed by atoms with E-state index in [0.29, 0.717) is 5.15 Å². The molecule has 1 aliphatic heterocycles. The molecule has 0 N–H and O–H groups in total. The summed E-state index contributed by atoms with van der Waals surface area (Å²) in [5.41, 5.74) is 3.16. The minimum Gasteiger partial charge on any atom is -0.368 e. The largest absolute Gasteiger partial charge is 0.368 e. The zero-order valence-electron chi connectivity index (χ0n) is 11.9. The summed E-state index contributed by atoms with van der Waals surface area (Å²) in [6.45, 7) is 5.64. The Morgan fingerprint density at radius 3 is 2.19 bits per heavy atom. The van der Waals surface area contributed by atoms with E-state index in [1.54, 1.807) is 0 Å². The van der Waals surface area contributed by atoms with Crippen molar-refractivity contribution >= 4 is 23.0 Å². The zero-order chi connectivity index (χ0) is 14.8. The van der Waals surface area contributed by atoms with Crippen LogP contribution in [-0.4, -0.2) is 31.2 Å². The second kappa shape index (κ2) is 5.90. The predicted octanol–water partition coefficient (Wildman–Crippen LogP) is 3.51. The highest BCUT2D eigenvalue weighted by Gasteiger charge is 2.19. The van der Waals surface area contributed by atoms with Gasteiger partial charge in [-0.3, -0.25) is 0 Å². The quantitative estimate of drug-likeness (QED) is 0.792. The summed E-state index contributed by atoms with van der Waals surface area (Å²) in [6.07, 6.45) is 0.